The summed E-state index contributed by atoms with van der Waals surface area (Å²) >= 11 is 0. The van der Waals surface area contributed by atoms with E-state index >= 15 is 0 Å². The van der Waals surface area contributed by atoms with E-state index < -0.39 is 55.1 Å². The van der Waals surface area contributed by atoms with E-state index in [2.05, 4.69) is 26.1 Å². The van der Waals surface area contributed by atoms with Crippen LogP contribution in [0.15, 0.2) is 121 Å². The molecule has 3 heterocycles. The van der Waals surface area contributed by atoms with Gasteiger partial charge in [0.2, 0.25) is 5.91 Å². The molecule has 3 fully saturated rings. The third-order valence-electron chi connectivity index (χ3n) is 17.3. The van der Waals surface area contributed by atoms with Crippen molar-refractivity contribution in [3.8, 4) is 0 Å². The molecule has 4 aromatic rings. The molecule has 19 nitrogen and oxygen atoms in total. The van der Waals surface area contributed by atoms with Crippen LogP contribution in [-0.4, -0.2) is 136 Å². The van der Waals surface area contributed by atoms with Crippen LogP contribution in [0.5, 0.6) is 0 Å². The lowest BCUT2D eigenvalue weighted by molar-refractivity contribution is -0.274. The van der Waals surface area contributed by atoms with Crippen LogP contribution in [0.25, 0.3) is 0 Å². The second-order valence-corrected chi connectivity index (χ2v) is 24.4. The molecule has 3 aliphatic rings. The van der Waals surface area contributed by atoms with Crippen molar-refractivity contribution in [2.45, 2.75) is 196 Å². The van der Waals surface area contributed by atoms with Crippen molar-refractivity contribution < 1.29 is 85.7 Å². The van der Waals surface area contributed by atoms with E-state index in [-0.39, 0.29) is 96.2 Å². The van der Waals surface area contributed by atoms with Gasteiger partial charge in [-0.1, -0.05) is 121 Å². The van der Waals surface area contributed by atoms with Gasteiger partial charge in [-0.3, -0.25) is 4.79 Å². The molecule has 19 heteroatoms. The number of benzene rings is 4. The van der Waals surface area contributed by atoms with Crippen LogP contribution in [-0.2, 0) is 66.5 Å². The summed E-state index contributed by atoms with van der Waals surface area (Å²) in [5.74, 6) is -0.983. The van der Waals surface area contributed by atoms with Gasteiger partial charge in [-0.15, -0.1) is 0 Å². The van der Waals surface area contributed by atoms with Gasteiger partial charge in [0.05, 0.1) is 46.6 Å². The number of carbonyl (C=O) groups excluding carboxylic acids is 8. The quantitative estimate of drug-likeness (QED) is 0.0290. The van der Waals surface area contributed by atoms with E-state index in [0.29, 0.717) is 74.2 Å². The molecule has 92 heavy (non-hydrogen) atoms. The fourth-order valence-electron chi connectivity index (χ4n) is 11.0. The zero-order chi connectivity index (χ0) is 67.1. The minimum atomic E-state index is -0.813. The second-order valence-electron chi connectivity index (χ2n) is 24.4. The number of Topliss-reactive ketones (excluding diaryl/α,β-unsaturated/α-hetero) is 3. The second kappa shape index (κ2) is 40.2. The molecule has 0 saturated carbocycles. The lowest BCUT2D eigenvalue weighted by atomic mass is 9.82. The first kappa shape index (κ1) is 75.7. The fraction of sp³-hybridized carbons (Fsp3) is 0.562. The minimum Gasteiger partial charge on any atom is -0.459 e. The average Bonchev–Trinajstić information content (AvgIpc) is 0.882. The van der Waals surface area contributed by atoms with Crippen molar-refractivity contribution in [2.24, 2.45) is 35.5 Å². The number of esters is 4. The van der Waals surface area contributed by atoms with E-state index in [9.17, 15) is 38.4 Å². The van der Waals surface area contributed by atoms with Crippen LogP contribution >= 0.6 is 0 Å². The molecule has 3 aliphatic heterocycles. The molecule has 15 atom stereocenters. The van der Waals surface area contributed by atoms with Crippen molar-refractivity contribution in [1.82, 2.24) is 5.32 Å². The van der Waals surface area contributed by atoms with Crippen LogP contribution in [0.4, 0.5) is 0 Å². The lowest BCUT2D eigenvalue weighted by Crippen LogP contribution is -2.58. The number of ketones is 3. The number of carbonyl (C=O) groups is 8. The average molecular weight is 1280 g/mol. The Kier molecular flexibility index (Phi) is 33.1. The van der Waals surface area contributed by atoms with Gasteiger partial charge in [0.1, 0.15) is 30.6 Å². The molecule has 1 N–H and O–H groups in total. The van der Waals surface area contributed by atoms with Crippen LogP contribution < -0.4 is 5.32 Å². The maximum absolute atomic E-state index is 12.8. The molecule has 504 valence electrons. The molecule has 4 aromatic carbocycles. The highest BCUT2D eigenvalue weighted by molar-refractivity contribution is 5.91. The Bertz CT molecular complexity index is 2870. The van der Waals surface area contributed by atoms with Gasteiger partial charge >= 0.3 is 23.9 Å². The zero-order valence-electron chi connectivity index (χ0n) is 55.7. The number of rotatable bonds is 30. The standard InChI is InChI=1S/C28H34O7.C23H33NO6.C22H32O5/c1-19(29)12-10-11-17-32-28-25(35-27(31)23-15-8-5-9-16-23)21(3)20(2)24(34-28)18-33-26(30)22-13-6-4-7-14-22;1-15(25)10-8-9-13-28-23-21(24-18(4)26)17(3)16(2)20(30-23)14-29-22(27)19-11-6-5-7-12-19;1-5-19-16(3)17(4)20(27-21(24)18-12-7-6-8-13-18)22(26-19)25-14-10-9-11-15(2)23/h4-9,13-16,20-21,24-25,28H,10-12,17-18H2,1-3H3;5-7,11-12,16-17,20-21,23H,8-10,13-14H2,1-4H3,(H,24,26);6-8,12-13,16-17,19-20,22H,5,9-11,14H2,1-4H3/t20-,21+,24?,25?,28-;16-,17+,20?,21?,23-;16-,17-,19?,20?,22-/m110/s1. The minimum absolute atomic E-state index is 0.0444. The Labute approximate surface area is 543 Å². The first-order valence-corrected chi connectivity index (χ1v) is 32.6. The van der Waals surface area contributed by atoms with Crippen LogP contribution in [0, 0.1) is 35.5 Å². The van der Waals surface area contributed by atoms with E-state index in [1.54, 1.807) is 106 Å². The van der Waals surface area contributed by atoms with Crippen molar-refractivity contribution >= 4 is 47.1 Å². The Morgan fingerprint density at radius 2 is 0.685 bits per heavy atom. The van der Waals surface area contributed by atoms with E-state index in [1.165, 1.54) is 6.92 Å². The van der Waals surface area contributed by atoms with Gasteiger partial charge in [-0.05, 0) is 138 Å². The van der Waals surface area contributed by atoms with Gasteiger partial charge in [0.15, 0.2) is 31.1 Å². The summed E-state index contributed by atoms with van der Waals surface area (Å²) < 4.78 is 59.0. The zero-order valence-corrected chi connectivity index (χ0v) is 55.7. The van der Waals surface area contributed by atoms with E-state index in [0.717, 1.165) is 32.1 Å². The van der Waals surface area contributed by atoms with Crippen LogP contribution in [0.1, 0.15) is 182 Å². The number of nitrogens with one attached hydrogen (secondary N) is 1. The Balaban J connectivity index is 0.000000253. The highest BCUT2D eigenvalue weighted by Crippen LogP contribution is 2.37. The van der Waals surface area contributed by atoms with E-state index in [4.69, 9.17) is 47.4 Å². The maximum atomic E-state index is 12.8. The summed E-state index contributed by atoms with van der Waals surface area (Å²) in [4.78, 5) is 95.0. The third kappa shape index (κ3) is 25.1. The summed E-state index contributed by atoms with van der Waals surface area (Å²) in [5.41, 5.74) is 1.93. The molecule has 3 saturated heterocycles. The first-order chi connectivity index (χ1) is 44.1. The summed E-state index contributed by atoms with van der Waals surface area (Å²) in [7, 11) is 0. The third-order valence-corrected chi connectivity index (χ3v) is 17.3. The molecule has 0 aromatic heterocycles. The summed E-state index contributed by atoms with van der Waals surface area (Å²) in [6.07, 6.45) is 3.08. The Hall–Kier alpha value is -7.00. The monoisotopic (exact) mass is 1280 g/mol. The van der Waals surface area contributed by atoms with Crippen molar-refractivity contribution in [1.29, 1.82) is 0 Å². The van der Waals surface area contributed by atoms with Crippen LogP contribution in [0.3, 0.4) is 0 Å². The van der Waals surface area contributed by atoms with E-state index in [1.807, 2.05) is 64.1 Å². The predicted molar refractivity (Wildman–Crippen MR) is 345 cm³/mol. The number of unbranched alkanes of at least 4 members (excludes halogenated alkanes) is 3. The predicted octanol–water partition coefficient (Wildman–Crippen LogP) is 12.4. The van der Waals surface area contributed by atoms with Gasteiger partial charge in [-0.25, -0.2) is 19.2 Å². The topological polar surface area (TPSA) is 241 Å². The molecule has 1 amide bonds. The van der Waals surface area contributed by atoms with Crippen molar-refractivity contribution in [3.63, 3.8) is 0 Å². The van der Waals surface area contributed by atoms with Gasteiger partial charge in [0, 0.05) is 57.8 Å². The van der Waals surface area contributed by atoms with Crippen molar-refractivity contribution in [3.05, 3.63) is 144 Å². The Morgan fingerprint density at radius 1 is 0.380 bits per heavy atom. The molecular weight excluding hydrogens is 1180 g/mol. The molecule has 0 spiro atoms. The molecule has 0 aliphatic carbocycles. The molecule has 0 radical (unpaired) electrons. The summed E-state index contributed by atoms with van der Waals surface area (Å²) in [6.45, 7) is 22.0. The van der Waals surface area contributed by atoms with Gasteiger partial charge < -0.3 is 67.1 Å². The first-order valence-electron chi connectivity index (χ1n) is 32.6. The molecule has 6 unspecified atom stereocenters. The molecule has 0 bridgehead atoms. The largest absolute Gasteiger partial charge is 0.459 e. The SMILES string of the molecule is CC(=O)CCCCO[C@@H]1OC(COC(=O)c2ccccc2)[C@H](C)[C@H](C)C1NC(C)=O.CC(=O)CCCCO[C@@H]1OC(COC(=O)c2ccccc2)[C@H](C)[C@H](C)C1OC(=O)c1ccccc1.CCC1O[C@H](OCCCCC(C)=O)C(OC(=O)c2ccccc2)[C@@H](C)[C@@H]1C. The molecular formula is C73H99NO18. The Morgan fingerprint density at radius 3 is 1.02 bits per heavy atom. The lowest BCUT2D eigenvalue weighted by Gasteiger charge is -2.44. The normalized spacial score (nSPS) is 25.8. The van der Waals surface area contributed by atoms with Crippen molar-refractivity contribution in [2.75, 3.05) is 33.0 Å². The number of amides is 1. The maximum Gasteiger partial charge on any atom is 0.338 e. The number of ether oxygens (including phenoxy) is 10. The highest BCUT2D eigenvalue weighted by Gasteiger charge is 2.47. The highest BCUT2D eigenvalue weighted by atomic mass is 16.7. The van der Waals surface area contributed by atoms with Gasteiger partial charge in [0.25, 0.3) is 0 Å². The van der Waals surface area contributed by atoms with Gasteiger partial charge in [-0.2, -0.15) is 0 Å². The number of hydrogen-bond acceptors (Lipinski definition) is 18. The van der Waals surface area contributed by atoms with Crippen LogP contribution in [0.2, 0.25) is 0 Å². The molecule has 7 rings (SSSR count). The summed E-state index contributed by atoms with van der Waals surface area (Å²) in [6, 6.07) is 35.1. The summed E-state index contributed by atoms with van der Waals surface area (Å²) in [5, 5.41) is 2.93. The number of hydrogen-bond donors (Lipinski definition) is 1. The fourth-order valence-corrected chi connectivity index (χ4v) is 11.0. The smallest absolute Gasteiger partial charge is 0.338 e.